The van der Waals surface area contributed by atoms with Gasteiger partial charge in [0.15, 0.2) is 0 Å². The van der Waals surface area contributed by atoms with Crippen molar-refractivity contribution in [3.63, 3.8) is 0 Å². The van der Waals surface area contributed by atoms with E-state index in [2.05, 4.69) is 10.3 Å². The number of carbonyl (C=O) groups excluding carboxylic acids is 1. The first-order valence-electron chi connectivity index (χ1n) is 4.55. The maximum Gasteiger partial charge on any atom is 0.313 e. The number of carboxylic acids is 1. The van der Waals surface area contributed by atoms with E-state index >= 15 is 0 Å². The Morgan fingerprint density at radius 3 is 2.88 bits per heavy atom. The summed E-state index contributed by atoms with van der Waals surface area (Å²) >= 11 is 2.58. The molecular weight excluding hydrogens is 248 g/mol. The molecule has 5 nitrogen and oxygen atoms in total. The fourth-order valence-electron chi connectivity index (χ4n) is 0.957. The fraction of sp³-hybridized carbons (Fsp3) is 0.444. The normalized spacial score (nSPS) is 10.1. The third-order valence-corrected chi connectivity index (χ3v) is 3.60. The van der Waals surface area contributed by atoms with Crippen LogP contribution in [0, 0.1) is 6.92 Å². The van der Waals surface area contributed by atoms with Gasteiger partial charge >= 0.3 is 5.97 Å². The SMILES string of the molecule is Cc1ncsc1CNC(=O)CSCC(=O)O. The van der Waals surface area contributed by atoms with E-state index < -0.39 is 5.97 Å². The van der Waals surface area contributed by atoms with Crippen molar-refractivity contribution >= 4 is 35.0 Å². The van der Waals surface area contributed by atoms with Crippen LogP contribution in [-0.4, -0.2) is 33.5 Å². The molecule has 2 N–H and O–H groups in total. The molecule has 0 saturated heterocycles. The summed E-state index contributed by atoms with van der Waals surface area (Å²) < 4.78 is 0. The highest BCUT2D eigenvalue weighted by Crippen LogP contribution is 2.11. The van der Waals surface area contributed by atoms with E-state index in [-0.39, 0.29) is 17.4 Å². The Balaban J connectivity index is 2.20. The van der Waals surface area contributed by atoms with Gasteiger partial charge in [-0.25, -0.2) is 4.98 Å². The number of hydrogen-bond acceptors (Lipinski definition) is 5. The number of amides is 1. The van der Waals surface area contributed by atoms with E-state index in [0.29, 0.717) is 6.54 Å². The fourth-order valence-corrected chi connectivity index (χ4v) is 2.24. The molecule has 0 saturated carbocycles. The molecule has 0 radical (unpaired) electrons. The lowest BCUT2D eigenvalue weighted by Gasteiger charge is -2.02. The van der Waals surface area contributed by atoms with Crippen LogP contribution in [0.25, 0.3) is 0 Å². The summed E-state index contributed by atoms with van der Waals surface area (Å²) in [5.41, 5.74) is 2.65. The molecule has 0 unspecified atom stereocenters. The van der Waals surface area contributed by atoms with Gasteiger partial charge in [0.05, 0.1) is 29.3 Å². The molecule has 0 bridgehead atoms. The van der Waals surface area contributed by atoms with Gasteiger partial charge in [0.1, 0.15) is 0 Å². The van der Waals surface area contributed by atoms with Crippen molar-refractivity contribution in [1.29, 1.82) is 0 Å². The van der Waals surface area contributed by atoms with Gasteiger partial charge in [-0.05, 0) is 6.92 Å². The van der Waals surface area contributed by atoms with Crippen LogP contribution < -0.4 is 5.32 Å². The number of rotatable bonds is 6. The zero-order valence-corrected chi connectivity index (χ0v) is 10.4. The van der Waals surface area contributed by atoms with Crippen molar-refractivity contribution in [3.05, 3.63) is 16.1 Å². The average molecular weight is 260 g/mol. The Bertz CT molecular complexity index is 379. The number of carboxylic acid groups (broad SMARTS) is 1. The predicted molar refractivity (Wildman–Crippen MR) is 63.7 cm³/mol. The number of hydrogen-bond donors (Lipinski definition) is 2. The van der Waals surface area contributed by atoms with E-state index in [0.717, 1.165) is 22.3 Å². The van der Waals surface area contributed by atoms with Gasteiger partial charge in [-0.2, -0.15) is 0 Å². The Labute approximate surface area is 101 Å². The van der Waals surface area contributed by atoms with E-state index in [1.807, 2.05) is 6.92 Å². The lowest BCUT2D eigenvalue weighted by Crippen LogP contribution is -2.25. The Morgan fingerprint density at radius 1 is 1.56 bits per heavy atom. The van der Waals surface area contributed by atoms with Crippen molar-refractivity contribution in [3.8, 4) is 0 Å². The van der Waals surface area contributed by atoms with Crippen molar-refractivity contribution in [2.24, 2.45) is 0 Å². The van der Waals surface area contributed by atoms with E-state index in [1.54, 1.807) is 5.51 Å². The van der Waals surface area contributed by atoms with Crippen molar-refractivity contribution in [2.45, 2.75) is 13.5 Å². The van der Waals surface area contributed by atoms with Gasteiger partial charge in [-0.3, -0.25) is 9.59 Å². The van der Waals surface area contributed by atoms with Gasteiger partial charge in [0, 0.05) is 4.88 Å². The molecule has 1 aromatic rings. The largest absolute Gasteiger partial charge is 0.481 e. The maximum absolute atomic E-state index is 11.3. The third kappa shape index (κ3) is 4.63. The zero-order valence-electron chi connectivity index (χ0n) is 8.73. The highest BCUT2D eigenvalue weighted by Gasteiger charge is 2.06. The van der Waals surface area contributed by atoms with Crippen LogP contribution in [0.1, 0.15) is 10.6 Å². The standard InChI is InChI=1S/C9H12N2O3S2/c1-6-7(16-5-11-6)2-10-8(12)3-15-4-9(13)14/h5H,2-4H2,1H3,(H,10,12)(H,13,14). The first kappa shape index (κ1) is 13.0. The number of nitrogens with one attached hydrogen (secondary N) is 1. The van der Waals surface area contributed by atoms with Crippen LogP contribution in [0.5, 0.6) is 0 Å². The van der Waals surface area contributed by atoms with Crippen LogP contribution >= 0.6 is 23.1 Å². The number of aryl methyl sites for hydroxylation is 1. The monoisotopic (exact) mass is 260 g/mol. The molecule has 0 spiro atoms. The predicted octanol–water partition coefficient (Wildman–Crippen LogP) is 0.886. The maximum atomic E-state index is 11.3. The quantitative estimate of drug-likeness (QED) is 0.794. The summed E-state index contributed by atoms with van der Waals surface area (Å²) in [5, 5.41) is 11.1. The highest BCUT2D eigenvalue weighted by molar-refractivity contribution is 8.00. The highest BCUT2D eigenvalue weighted by atomic mass is 32.2. The van der Waals surface area contributed by atoms with Crippen molar-refractivity contribution < 1.29 is 14.7 Å². The van der Waals surface area contributed by atoms with Gasteiger partial charge in [-0.1, -0.05) is 0 Å². The number of nitrogens with zero attached hydrogens (tertiary/aromatic N) is 1. The molecule has 88 valence electrons. The minimum Gasteiger partial charge on any atom is -0.481 e. The molecule has 1 amide bonds. The molecule has 1 aromatic heterocycles. The topological polar surface area (TPSA) is 79.3 Å². The summed E-state index contributed by atoms with van der Waals surface area (Å²) in [5.74, 6) is -0.938. The minimum absolute atomic E-state index is 0.0486. The van der Waals surface area contributed by atoms with Crippen LogP contribution in [0.15, 0.2) is 5.51 Å². The molecule has 16 heavy (non-hydrogen) atoms. The average Bonchev–Trinajstić information content (AvgIpc) is 2.60. The number of aliphatic carboxylic acids is 1. The molecule has 1 rings (SSSR count). The first-order chi connectivity index (χ1) is 7.59. The van der Waals surface area contributed by atoms with Gasteiger partial charge in [0.25, 0.3) is 0 Å². The Hall–Kier alpha value is -1.08. The number of thioether (sulfide) groups is 1. The summed E-state index contributed by atoms with van der Waals surface area (Å²) in [4.78, 5) is 26.6. The summed E-state index contributed by atoms with van der Waals surface area (Å²) in [6.45, 7) is 2.35. The minimum atomic E-state index is -0.906. The molecule has 0 aliphatic heterocycles. The molecule has 0 fully saturated rings. The first-order valence-corrected chi connectivity index (χ1v) is 6.58. The van der Waals surface area contributed by atoms with E-state index in [1.165, 1.54) is 11.3 Å². The zero-order chi connectivity index (χ0) is 12.0. The van der Waals surface area contributed by atoms with Crippen molar-refractivity contribution in [1.82, 2.24) is 10.3 Å². The number of aromatic nitrogens is 1. The summed E-state index contributed by atoms with van der Waals surface area (Å²) in [6, 6.07) is 0. The second kappa shape index (κ2) is 6.49. The third-order valence-electron chi connectivity index (χ3n) is 1.75. The van der Waals surface area contributed by atoms with Crippen LogP contribution in [0.4, 0.5) is 0 Å². The molecular formula is C9H12N2O3S2. The summed E-state index contributed by atoms with van der Waals surface area (Å²) in [6.07, 6.45) is 0. The molecule has 0 aliphatic rings. The second-order valence-corrected chi connectivity index (χ2v) is 4.95. The Kier molecular flexibility index (Phi) is 5.27. The lowest BCUT2D eigenvalue weighted by molar-refractivity contribution is -0.133. The molecule has 0 atom stereocenters. The number of carbonyl (C=O) groups is 2. The van der Waals surface area contributed by atoms with E-state index in [9.17, 15) is 9.59 Å². The van der Waals surface area contributed by atoms with Crippen LogP contribution in [-0.2, 0) is 16.1 Å². The number of thiazole rings is 1. The molecule has 0 aliphatic carbocycles. The molecule has 7 heteroatoms. The molecule has 0 aromatic carbocycles. The van der Waals surface area contributed by atoms with Crippen LogP contribution in [0.3, 0.4) is 0 Å². The summed E-state index contributed by atoms with van der Waals surface area (Å²) in [7, 11) is 0. The van der Waals surface area contributed by atoms with Gasteiger partial charge < -0.3 is 10.4 Å². The second-order valence-electron chi connectivity index (χ2n) is 3.02. The van der Waals surface area contributed by atoms with Gasteiger partial charge in [0.2, 0.25) is 5.91 Å². The smallest absolute Gasteiger partial charge is 0.313 e. The Morgan fingerprint density at radius 2 is 2.31 bits per heavy atom. The lowest BCUT2D eigenvalue weighted by atomic mass is 10.4. The van der Waals surface area contributed by atoms with Crippen LogP contribution in [0.2, 0.25) is 0 Å². The molecule has 1 heterocycles. The van der Waals surface area contributed by atoms with E-state index in [4.69, 9.17) is 5.11 Å². The van der Waals surface area contributed by atoms with Gasteiger partial charge in [-0.15, -0.1) is 23.1 Å². The van der Waals surface area contributed by atoms with Crippen molar-refractivity contribution in [2.75, 3.05) is 11.5 Å².